The number of aromatic nitrogens is 2. The highest BCUT2D eigenvalue weighted by molar-refractivity contribution is 6.12. The smallest absolute Gasteiger partial charge is 0.0991 e. The summed E-state index contributed by atoms with van der Waals surface area (Å²) >= 11 is 0. The third kappa shape index (κ3) is 4.38. The van der Waals surface area contributed by atoms with Crippen molar-refractivity contribution >= 4 is 43.6 Å². The first-order valence-electron chi connectivity index (χ1n) is 16.3. The normalized spacial score (nSPS) is 11.1. The van der Waals surface area contributed by atoms with E-state index >= 15 is 0 Å². The Morgan fingerprint density at radius 3 is 1.56 bits per heavy atom. The number of hydrogen-bond donors (Lipinski definition) is 0. The van der Waals surface area contributed by atoms with E-state index < -0.39 is 0 Å². The van der Waals surface area contributed by atoms with Crippen molar-refractivity contribution in [2.24, 2.45) is 0 Å². The molecule has 0 unspecified atom stereocenters. The molecule has 7 aromatic carbocycles. The van der Waals surface area contributed by atoms with E-state index in [0.29, 0.717) is 16.7 Å². The number of nitrogens with zero attached hydrogens (tertiary/aromatic N) is 5. The molecule has 0 aliphatic rings. The fourth-order valence-corrected chi connectivity index (χ4v) is 7.39. The van der Waals surface area contributed by atoms with Gasteiger partial charge < -0.3 is 9.13 Å². The van der Waals surface area contributed by atoms with Crippen LogP contribution >= 0.6 is 0 Å². The quantitative estimate of drug-likeness (QED) is 0.193. The van der Waals surface area contributed by atoms with Gasteiger partial charge in [0.15, 0.2) is 0 Å². The second-order valence-corrected chi connectivity index (χ2v) is 12.3. The van der Waals surface area contributed by atoms with Gasteiger partial charge in [0.1, 0.15) is 0 Å². The molecule has 0 bridgehead atoms. The van der Waals surface area contributed by atoms with E-state index in [1.165, 1.54) is 0 Å². The predicted molar refractivity (Wildman–Crippen MR) is 200 cm³/mol. The number of nitriles is 3. The average Bonchev–Trinajstić information content (AvgIpc) is 3.69. The van der Waals surface area contributed by atoms with Crippen LogP contribution in [-0.4, -0.2) is 9.13 Å². The number of rotatable bonds is 4. The van der Waals surface area contributed by atoms with Crippen molar-refractivity contribution < 1.29 is 0 Å². The summed E-state index contributed by atoms with van der Waals surface area (Å²) in [6.07, 6.45) is 0. The van der Waals surface area contributed by atoms with Crippen molar-refractivity contribution in [3.8, 4) is 51.8 Å². The maximum absolute atomic E-state index is 9.80. The van der Waals surface area contributed by atoms with Crippen LogP contribution in [0.5, 0.6) is 0 Å². The van der Waals surface area contributed by atoms with E-state index in [1.54, 1.807) is 0 Å². The highest BCUT2D eigenvalue weighted by Crippen LogP contribution is 2.41. The minimum absolute atomic E-state index is 0.601. The molecule has 230 valence electrons. The van der Waals surface area contributed by atoms with Crippen molar-refractivity contribution in [2.75, 3.05) is 0 Å². The molecule has 0 spiro atoms. The summed E-state index contributed by atoms with van der Waals surface area (Å²) in [6, 6.07) is 58.0. The molecule has 50 heavy (non-hydrogen) atoms. The maximum atomic E-state index is 9.80. The van der Waals surface area contributed by atoms with E-state index in [9.17, 15) is 15.8 Å². The molecule has 2 heterocycles. The highest BCUT2D eigenvalue weighted by Gasteiger charge is 2.19. The van der Waals surface area contributed by atoms with Crippen molar-refractivity contribution in [3.05, 3.63) is 168 Å². The largest absolute Gasteiger partial charge is 0.309 e. The molecule has 0 N–H and O–H groups in total. The first-order chi connectivity index (χ1) is 24.7. The molecule has 0 fully saturated rings. The van der Waals surface area contributed by atoms with E-state index in [2.05, 4.69) is 112 Å². The monoisotopic (exact) mass is 635 g/mol. The maximum Gasteiger partial charge on any atom is 0.0991 e. The molecule has 9 rings (SSSR count). The summed E-state index contributed by atoms with van der Waals surface area (Å²) < 4.78 is 4.49. The lowest BCUT2D eigenvalue weighted by Crippen LogP contribution is -1.98. The van der Waals surface area contributed by atoms with Crippen molar-refractivity contribution in [1.82, 2.24) is 9.13 Å². The lowest BCUT2D eigenvalue weighted by molar-refractivity contribution is 1.18. The van der Waals surface area contributed by atoms with Gasteiger partial charge in [-0.3, -0.25) is 0 Å². The molecule has 0 amide bonds. The number of fused-ring (bicyclic) bond motifs is 6. The molecule has 5 heteroatoms. The third-order valence-electron chi connectivity index (χ3n) is 9.62. The Morgan fingerprint density at radius 1 is 0.360 bits per heavy atom. The molecule has 0 aliphatic carbocycles. The van der Waals surface area contributed by atoms with Gasteiger partial charge in [-0.15, -0.1) is 0 Å². The van der Waals surface area contributed by atoms with Crippen LogP contribution in [0.3, 0.4) is 0 Å². The average molecular weight is 636 g/mol. The van der Waals surface area contributed by atoms with Crippen LogP contribution in [0.25, 0.3) is 77.2 Å². The molecular weight excluding hydrogens is 611 g/mol. The van der Waals surface area contributed by atoms with Gasteiger partial charge in [0.05, 0.1) is 62.7 Å². The lowest BCUT2D eigenvalue weighted by atomic mass is 9.92. The molecule has 9 aromatic rings. The summed E-state index contributed by atoms with van der Waals surface area (Å²) in [5.74, 6) is 0. The zero-order valence-corrected chi connectivity index (χ0v) is 26.7. The molecule has 0 radical (unpaired) electrons. The van der Waals surface area contributed by atoms with Gasteiger partial charge in [-0.1, -0.05) is 66.7 Å². The number of hydrogen-bond acceptors (Lipinski definition) is 3. The van der Waals surface area contributed by atoms with Crippen LogP contribution in [-0.2, 0) is 0 Å². The van der Waals surface area contributed by atoms with Gasteiger partial charge in [0.25, 0.3) is 0 Å². The van der Waals surface area contributed by atoms with Gasteiger partial charge in [0.2, 0.25) is 0 Å². The Labute approximate surface area is 287 Å². The summed E-state index contributed by atoms with van der Waals surface area (Å²) in [6.45, 7) is 0. The molecule has 0 atom stereocenters. The lowest BCUT2D eigenvalue weighted by Gasteiger charge is -2.17. The molecule has 0 aliphatic heterocycles. The summed E-state index contributed by atoms with van der Waals surface area (Å²) in [5.41, 5.74) is 12.3. The van der Waals surface area contributed by atoms with Gasteiger partial charge in [-0.25, -0.2) is 0 Å². The van der Waals surface area contributed by atoms with E-state index in [0.717, 1.165) is 77.2 Å². The van der Waals surface area contributed by atoms with Crippen LogP contribution < -0.4 is 0 Å². The summed E-state index contributed by atoms with van der Waals surface area (Å²) in [4.78, 5) is 0. The molecule has 5 nitrogen and oxygen atoms in total. The van der Waals surface area contributed by atoms with Gasteiger partial charge in [0, 0.05) is 32.8 Å². The minimum atomic E-state index is 0.601. The fourth-order valence-electron chi connectivity index (χ4n) is 7.39. The molecule has 0 saturated heterocycles. The Morgan fingerprint density at radius 2 is 0.860 bits per heavy atom. The fraction of sp³-hybridized carbons (Fsp3) is 0. The topological polar surface area (TPSA) is 81.2 Å². The Hall–Kier alpha value is -7.39. The van der Waals surface area contributed by atoms with Crippen molar-refractivity contribution in [3.63, 3.8) is 0 Å². The van der Waals surface area contributed by atoms with Crippen LogP contribution in [0.1, 0.15) is 16.7 Å². The molecular formula is C45H25N5. The first-order valence-corrected chi connectivity index (χ1v) is 16.3. The first kappa shape index (κ1) is 28.8. The van der Waals surface area contributed by atoms with E-state index in [-0.39, 0.29) is 0 Å². The molecule has 2 aromatic heterocycles. The Balaban J connectivity index is 1.27. The predicted octanol–water partition coefficient (Wildman–Crippen LogP) is 10.8. The number of para-hydroxylation sites is 2. The standard InChI is InChI=1S/C45H25N5/c46-26-29-13-18-33(19-14-29)49-43-20-15-31(28-48)24-39(43)40-25-32(17-22-44(40)49)34-7-1-2-8-35(34)36-9-3-5-11-41(36)50-42-12-6-4-10-37(42)38-23-30(27-47)16-21-45(38)50/h1-25H. The summed E-state index contributed by atoms with van der Waals surface area (Å²) in [7, 11) is 0. The van der Waals surface area contributed by atoms with Crippen molar-refractivity contribution in [1.29, 1.82) is 15.8 Å². The van der Waals surface area contributed by atoms with Crippen molar-refractivity contribution in [2.45, 2.75) is 0 Å². The Bertz CT molecular complexity index is 2960. The van der Waals surface area contributed by atoms with Crippen LogP contribution in [0.2, 0.25) is 0 Å². The molecule has 0 saturated carbocycles. The van der Waals surface area contributed by atoms with E-state index in [1.807, 2.05) is 66.7 Å². The minimum Gasteiger partial charge on any atom is -0.309 e. The second kappa shape index (κ2) is 11.4. The zero-order chi connectivity index (χ0) is 33.8. The summed E-state index contributed by atoms with van der Waals surface area (Å²) in [5, 5.41) is 33.0. The van der Waals surface area contributed by atoms with Crippen LogP contribution in [0.15, 0.2) is 152 Å². The highest BCUT2D eigenvalue weighted by atomic mass is 15.0. The Kier molecular flexibility index (Phi) is 6.56. The van der Waals surface area contributed by atoms with Gasteiger partial charge in [-0.05, 0) is 102 Å². The second-order valence-electron chi connectivity index (χ2n) is 12.3. The SMILES string of the molecule is N#Cc1ccc(-n2c3ccc(C#N)cc3c3cc(-c4ccccc4-c4ccccc4-n4c5ccccc5c5cc(C#N)ccc54)ccc32)cc1. The third-order valence-corrected chi connectivity index (χ3v) is 9.62. The van der Waals surface area contributed by atoms with Gasteiger partial charge in [-0.2, -0.15) is 15.8 Å². The van der Waals surface area contributed by atoms with Crippen LogP contribution in [0, 0.1) is 34.0 Å². The van der Waals surface area contributed by atoms with E-state index in [4.69, 9.17) is 0 Å². The zero-order valence-electron chi connectivity index (χ0n) is 26.7. The van der Waals surface area contributed by atoms with Gasteiger partial charge >= 0.3 is 0 Å². The number of benzene rings is 7. The van der Waals surface area contributed by atoms with Crippen LogP contribution in [0.4, 0.5) is 0 Å².